The highest BCUT2D eigenvalue weighted by Crippen LogP contribution is 2.16. The molecule has 0 aliphatic carbocycles. The summed E-state index contributed by atoms with van der Waals surface area (Å²) < 4.78 is 9.88. The largest absolute Gasteiger partial charge is 0.465 e. The average Bonchev–Trinajstić information content (AvgIpc) is 2.35. The van der Waals surface area contributed by atoms with E-state index in [1.807, 2.05) is 0 Å². The van der Waals surface area contributed by atoms with Crippen LogP contribution in [-0.2, 0) is 9.53 Å². The molecule has 0 N–H and O–H groups in total. The molecule has 0 aliphatic rings. The molecule has 3 heteroatoms. The molecule has 0 radical (unpaired) electrons. The van der Waals surface area contributed by atoms with Crippen molar-refractivity contribution in [2.45, 2.75) is 20.0 Å². The first-order chi connectivity index (χ1) is 5.20. The lowest BCUT2D eigenvalue weighted by molar-refractivity contribution is -0.146. The van der Waals surface area contributed by atoms with E-state index in [2.05, 4.69) is 0 Å². The Hall–Kier alpha value is -1.25. The first-order valence-corrected chi connectivity index (χ1v) is 3.41. The highest BCUT2D eigenvalue weighted by molar-refractivity contribution is 5.66. The molecule has 1 aromatic rings. The first kappa shape index (κ1) is 7.85. The zero-order valence-corrected chi connectivity index (χ0v) is 6.53. The summed E-state index contributed by atoms with van der Waals surface area (Å²) in [4.78, 5) is 10.5. The maximum atomic E-state index is 10.5. The van der Waals surface area contributed by atoms with Crippen molar-refractivity contribution in [3.8, 4) is 0 Å². The topological polar surface area (TPSA) is 39.4 Å². The fourth-order valence-corrected chi connectivity index (χ4v) is 0.830. The van der Waals surface area contributed by atoms with Crippen LogP contribution in [-0.4, -0.2) is 5.97 Å². The van der Waals surface area contributed by atoms with E-state index >= 15 is 0 Å². The van der Waals surface area contributed by atoms with Gasteiger partial charge in [-0.1, -0.05) is 0 Å². The molecule has 1 rings (SSSR count). The van der Waals surface area contributed by atoms with E-state index in [-0.39, 0.29) is 12.1 Å². The summed E-state index contributed by atoms with van der Waals surface area (Å²) in [6, 6.07) is 3.53. The van der Waals surface area contributed by atoms with Crippen LogP contribution in [0.2, 0.25) is 0 Å². The van der Waals surface area contributed by atoms with Gasteiger partial charge in [-0.15, -0.1) is 0 Å². The number of hydrogen-bond acceptors (Lipinski definition) is 3. The van der Waals surface area contributed by atoms with Gasteiger partial charge in [0, 0.05) is 6.92 Å². The monoisotopic (exact) mass is 154 g/mol. The molecule has 0 unspecified atom stereocenters. The Morgan fingerprint density at radius 2 is 2.45 bits per heavy atom. The van der Waals surface area contributed by atoms with Crippen molar-refractivity contribution in [2.24, 2.45) is 0 Å². The predicted molar refractivity (Wildman–Crippen MR) is 38.9 cm³/mol. The highest BCUT2D eigenvalue weighted by atomic mass is 16.5. The minimum Gasteiger partial charge on any atom is -0.465 e. The van der Waals surface area contributed by atoms with E-state index in [9.17, 15) is 4.79 Å². The van der Waals surface area contributed by atoms with Gasteiger partial charge in [0.2, 0.25) is 0 Å². The minimum absolute atomic E-state index is 0.289. The second-order valence-electron chi connectivity index (χ2n) is 2.27. The van der Waals surface area contributed by atoms with Crippen LogP contribution in [0.15, 0.2) is 22.8 Å². The van der Waals surface area contributed by atoms with Crippen molar-refractivity contribution >= 4 is 5.97 Å². The van der Waals surface area contributed by atoms with Gasteiger partial charge < -0.3 is 9.15 Å². The summed E-state index contributed by atoms with van der Waals surface area (Å²) in [5.41, 5.74) is 0. The minimum atomic E-state index is -0.297. The molecular weight excluding hydrogens is 144 g/mol. The molecule has 0 saturated heterocycles. The van der Waals surface area contributed by atoms with Crippen LogP contribution in [0.3, 0.4) is 0 Å². The standard InChI is InChI=1S/C8H10O3/c1-6(11-7(2)9)8-4-3-5-10-8/h3-6H,1-2H3/t6-/m0/s1. The van der Waals surface area contributed by atoms with Gasteiger partial charge in [-0.05, 0) is 19.1 Å². The highest BCUT2D eigenvalue weighted by Gasteiger charge is 2.09. The molecule has 1 aromatic heterocycles. The Balaban J connectivity index is 2.56. The van der Waals surface area contributed by atoms with E-state index in [4.69, 9.17) is 9.15 Å². The molecule has 0 saturated carbocycles. The summed E-state index contributed by atoms with van der Waals surface area (Å²) in [6.07, 6.45) is 1.26. The lowest BCUT2D eigenvalue weighted by atomic mass is 10.3. The number of hydrogen-bond donors (Lipinski definition) is 0. The van der Waals surface area contributed by atoms with E-state index in [1.54, 1.807) is 25.3 Å². The van der Waals surface area contributed by atoms with Gasteiger partial charge in [0.1, 0.15) is 5.76 Å². The van der Waals surface area contributed by atoms with Crippen molar-refractivity contribution in [2.75, 3.05) is 0 Å². The Morgan fingerprint density at radius 3 is 2.91 bits per heavy atom. The van der Waals surface area contributed by atoms with Crippen LogP contribution in [0.25, 0.3) is 0 Å². The van der Waals surface area contributed by atoms with Crippen molar-refractivity contribution in [1.29, 1.82) is 0 Å². The molecule has 0 fully saturated rings. The van der Waals surface area contributed by atoms with E-state index < -0.39 is 0 Å². The fraction of sp³-hybridized carbons (Fsp3) is 0.375. The Morgan fingerprint density at radius 1 is 1.73 bits per heavy atom. The third-order valence-corrected chi connectivity index (χ3v) is 1.29. The Kier molecular flexibility index (Phi) is 2.31. The zero-order chi connectivity index (χ0) is 8.27. The summed E-state index contributed by atoms with van der Waals surface area (Å²) >= 11 is 0. The second kappa shape index (κ2) is 3.23. The van der Waals surface area contributed by atoms with Crippen molar-refractivity contribution < 1.29 is 13.9 Å². The molecule has 0 spiro atoms. The van der Waals surface area contributed by atoms with Gasteiger partial charge in [0.15, 0.2) is 6.10 Å². The normalized spacial score (nSPS) is 12.5. The summed E-state index contributed by atoms with van der Waals surface area (Å²) in [5.74, 6) is 0.370. The molecule has 0 aromatic carbocycles. The molecule has 0 aliphatic heterocycles. The van der Waals surface area contributed by atoms with Crippen LogP contribution in [0.1, 0.15) is 25.7 Å². The molecule has 1 heterocycles. The van der Waals surface area contributed by atoms with Crippen molar-refractivity contribution in [1.82, 2.24) is 0 Å². The lowest BCUT2D eigenvalue weighted by Crippen LogP contribution is -2.03. The maximum absolute atomic E-state index is 10.5. The summed E-state index contributed by atoms with van der Waals surface area (Å²) in [7, 11) is 0. The van der Waals surface area contributed by atoms with Gasteiger partial charge >= 0.3 is 5.97 Å². The maximum Gasteiger partial charge on any atom is 0.303 e. The third kappa shape index (κ3) is 2.11. The molecule has 0 amide bonds. The molecule has 0 bridgehead atoms. The van der Waals surface area contributed by atoms with Gasteiger partial charge in [-0.3, -0.25) is 4.79 Å². The van der Waals surface area contributed by atoms with Gasteiger partial charge in [0.05, 0.1) is 6.26 Å². The van der Waals surface area contributed by atoms with E-state index in [1.165, 1.54) is 6.92 Å². The van der Waals surface area contributed by atoms with Gasteiger partial charge in [-0.25, -0.2) is 0 Å². The third-order valence-electron chi connectivity index (χ3n) is 1.29. The number of carbonyl (C=O) groups excluding carboxylic acids is 1. The quantitative estimate of drug-likeness (QED) is 0.611. The molecule has 1 atom stereocenters. The SMILES string of the molecule is CC(=O)O[C@@H](C)c1ccco1. The zero-order valence-electron chi connectivity index (χ0n) is 6.53. The molecule has 3 nitrogen and oxygen atoms in total. The van der Waals surface area contributed by atoms with Crippen LogP contribution in [0.5, 0.6) is 0 Å². The summed E-state index contributed by atoms with van der Waals surface area (Å²) in [5, 5.41) is 0. The smallest absolute Gasteiger partial charge is 0.303 e. The van der Waals surface area contributed by atoms with Crippen molar-refractivity contribution in [3.63, 3.8) is 0 Å². The number of esters is 1. The van der Waals surface area contributed by atoms with Crippen LogP contribution >= 0.6 is 0 Å². The predicted octanol–water partition coefficient (Wildman–Crippen LogP) is 1.90. The second-order valence-corrected chi connectivity index (χ2v) is 2.27. The number of rotatable bonds is 2. The lowest BCUT2D eigenvalue weighted by Gasteiger charge is -2.07. The Bertz CT molecular complexity index is 225. The van der Waals surface area contributed by atoms with Crippen LogP contribution in [0, 0.1) is 0 Å². The average molecular weight is 154 g/mol. The van der Waals surface area contributed by atoms with Crippen LogP contribution in [0.4, 0.5) is 0 Å². The first-order valence-electron chi connectivity index (χ1n) is 3.41. The molecular formula is C8H10O3. The van der Waals surface area contributed by atoms with Crippen LogP contribution < -0.4 is 0 Å². The number of carbonyl (C=O) groups is 1. The number of furan rings is 1. The molecule has 11 heavy (non-hydrogen) atoms. The Labute approximate surface area is 65.0 Å². The van der Waals surface area contributed by atoms with E-state index in [0.717, 1.165) is 0 Å². The van der Waals surface area contributed by atoms with Gasteiger partial charge in [-0.2, -0.15) is 0 Å². The van der Waals surface area contributed by atoms with Crippen molar-refractivity contribution in [3.05, 3.63) is 24.2 Å². The number of ether oxygens (including phenoxy) is 1. The fourth-order valence-electron chi connectivity index (χ4n) is 0.830. The summed E-state index contributed by atoms with van der Waals surface area (Å²) in [6.45, 7) is 3.14. The van der Waals surface area contributed by atoms with Gasteiger partial charge in [0.25, 0.3) is 0 Å². The molecule has 60 valence electrons. The van der Waals surface area contributed by atoms with E-state index in [0.29, 0.717) is 5.76 Å².